The maximum absolute atomic E-state index is 6.30. The third kappa shape index (κ3) is 3.09. The molecule has 0 aliphatic heterocycles. The lowest BCUT2D eigenvalue weighted by Gasteiger charge is -2.14. The average molecular weight is 346 g/mol. The fraction of sp³-hybridized carbons (Fsp3) is 0.167. The number of aryl methyl sites for hydroxylation is 1. The number of halogens is 1. The Bertz CT molecular complexity index is 831. The van der Waals surface area contributed by atoms with Crippen LogP contribution in [0.5, 0.6) is 5.75 Å². The molecule has 0 saturated carbocycles. The van der Waals surface area contributed by atoms with Gasteiger partial charge in [-0.25, -0.2) is 0 Å². The van der Waals surface area contributed by atoms with Crippen LogP contribution in [0.15, 0.2) is 52.2 Å². The lowest BCUT2D eigenvalue weighted by atomic mass is 9.97. The van der Waals surface area contributed by atoms with Crippen LogP contribution in [-0.4, -0.2) is 18.5 Å². The molecule has 1 heterocycles. The van der Waals surface area contributed by atoms with Crippen molar-refractivity contribution in [1.29, 1.82) is 0 Å². The van der Waals surface area contributed by atoms with Gasteiger partial charge >= 0.3 is 0 Å². The Morgan fingerprint density at radius 2 is 1.96 bits per heavy atom. The molecule has 2 aromatic carbocycles. The zero-order chi connectivity index (χ0) is 16.4. The lowest BCUT2D eigenvalue weighted by Crippen LogP contribution is -1.90. The largest absolute Gasteiger partial charge is 0.495 e. The van der Waals surface area contributed by atoms with E-state index in [2.05, 4.69) is 30.5 Å². The Labute approximate surface area is 144 Å². The van der Waals surface area contributed by atoms with Crippen molar-refractivity contribution < 1.29 is 9.26 Å². The highest BCUT2D eigenvalue weighted by atomic mass is 35.5. The molecule has 118 valence electrons. The first-order valence-electron chi connectivity index (χ1n) is 7.06. The highest BCUT2D eigenvalue weighted by Gasteiger charge is 2.13. The van der Waals surface area contributed by atoms with E-state index in [1.54, 1.807) is 31.3 Å². The van der Waals surface area contributed by atoms with E-state index in [1.807, 2.05) is 18.2 Å². The third-order valence-electron chi connectivity index (χ3n) is 3.71. The standard InChI is InChI=1S/C18H16ClNO2S/c1-11-6-13(14-9-20-22-10-14)7-15(18(11)23-3)12-4-5-17(21-2)16(19)8-12/h4-10H,1-3H3. The predicted molar refractivity (Wildman–Crippen MR) is 95.5 cm³/mol. The zero-order valence-electron chi connectivity index (χ0n) is 13.1. The van der Waals surface area contributed by atoms with Crippen molar-refractivity contribution in [2.24, 2.45) is 0 Å². The Morgan fingerprint density at radius 3 is 2.57 bits per heavy atom. The molecule has 3 nitrogen and oxygen atoms in total. The molecule has 0 amide bonds. The number of hydrogen-bond donors (Lipinski definition) is 0. The number of rotatable bonds is 4. The first-order chi connectivity index (χ1) is 11.1. The van der Waals surface area contributed by atoms with Crippen LogP contribution in [0.4, 0.5) is 0 Å². The maximum Gasteiger partial charge on any atom is 0.137 e. The van der Waals surface area contributed by atoms with Gasteiger partial charge in [0.25, 0.3) is 0 Å². The molecule has 0 unspecified atom stereocenters. The summed E-state index contributed by atoms with van der Waals surface area (Å²) < 4.78 is 10.2. The number of thioether (sulfide) groups is 1. The first kappa shape index (κ1) is 16.0. The monoisotopic (exact) mass is 345 g/mol. The number of methoxy groups -OCH3 is 1. The van der Waals surface area contributed by atoms with Crippen LogP contribution in [0.3, 0.4) is 0 Å². The van der Waals surface area contributed by atoms with Crippen molar-refractivity contribution in [3.05, 3.63) is 53.4 Å². The molecule has 0 fully saturated rings. The summed E-state index contributed by atoms with van der Waals surface area (Å²) in [5, 5.41) is 4.39. The van der Waals surface area contributed by atoms with Crippen molar-refractivity contribution in [2.75, 3.05) is 13.4 Å². The van der Waals surface area contributed by atoms with Crippen molar-refractivity contribution >= 4 is 23.4 Å². The van der Waals surface area contributed by atoms with Crippen molar-refractivity contribution in [2.45, 2.75) is 11.8 Å². The fourth-order valence-corrected chi connectivity index (χ4v) is 3.64. The normalized spacial score (nSPS) is 10.8. The van der Waals surface area contributed by atoms with Crippen LogP contribution in [-0.2, 0) is 0 Å². The molecular formula is C18H16ClNO2S. The van der Waals surface area contributed by atoms with Crippen LogP contribution >= 0.6 is 23.4 Å². The number of ether oxygens (including phenoxy) is 1. The van der Waals surface area contributed by atoms with E-state index in [1.165, 1.54) is 10.5 Å². The van der Waals surface area contributed by atoms with Gasteiger partial charge < -0.3 is 9.26 Å². The Kier molecular flexibility index (Phi) is 4.64. The van der Waals surface area contributed by atoms with Gasteiger partial charge in [-0.2, -0.15) is 0 Å². The van der Waals surface area contributed by atoms with Gasteiger partial charge in [0.2, 0.25) is 0 Å². The SMILES string of the molecule is COc1ccc(-c2cc(-c3cnoc3)cc(C)c2SC)cc1Cl. The zero-order valence-corrected chi connectivity index (χ0v) is 14.7. The number of hydrogen-bond acceptors (Lipinski definition) is 4. The topological polar surface area (TPSA) is 35.3 Å². The van der Waals surface area contributed by atoms with E-state index in [0.29, 0.717) is 10.8 Å². The van der Waals surface area contributed by atoms with E-state index >= 15 is 0 Å². The molecular weight excluding hydrogens is 330 g/mol. The summed E-state index contributed by atoms with van der Waals surface area (Å²) in [6, 6.07) is 10.1. The summed E-state index contributed by atoms with van der Waals surface area (Å²) >= 11 is 8.02. The summed E-state index contributed by atoms with van der Waals surface area (Å²) in [7, 11) is 1.62. The van der Waals surface area contributed by atoms with E-state index in [4.69, 9.17) is 20.9 Å². The van der Waals surface area contributed by atoms with Crippen LogP contribution < -0.4 is 4.74 Å². The summed E-state index contributed by atoms with van der Waals surface area (Å²) in [5.41, 5.74) is 5.43. The van der Waals surface area contributed by atoms with Gasteiger partial charge in [0.05, 0.1) is 18.3 Å². The van der Waals surface area contributed by atoms with Crippen LogP contribution in [0, 0.1) is 6.92 Å². The molecule has 0 atom stereocenters. The minimum Gasteiger partial charge on any atom is -0.495 e. The van der Waals surface area contributed by atoms with E-state index < -0.39 is 0 Å². The molecule has 0 saturated heterocycles. The molecule has 1 aromatic heterocycles. The van der Waals surface area contributed by atoms with Crippen LogP contribution in [0.2, 0.25) is 5.02 Å². The Balaban J connectivity index is 2.18. The first-order valence-corrected chi connectivity index (χ1v) is 8.66. The minimum absolute atomic E-state index is 0.602. The predicted octanol–water partition coefficient (Wildman–Crippen LogP) is 5.70. The summed E-state index contributed by atoms with van der Waals surface area (Å²) in [6.07, 6.45) is 5.45. The molecule has 23 heavy (non-hydrogen) atoms. The van der Waals surface area contributed by atoms with Crippen molar-refractivity contribution in [1.82, 2.24) is 5.16 Å². The maximum atomic E-state index is 6.30. The lowest BCUT2D eigenvalue weighted by molar-refractivity contribution is 0.415. The molecule has 0 aliphatic carbocycles. The highest BCUT2D eigenvalue weighted by molar-refractivity contribution is 7.98. The quantitative estimate of drug-likeness (QED) is 0.568. The summed E-state index contributed by atoms with van der Waals surface area (Å²) in [4.78, 5) is 1.23. The van der Waals surface area contributed by atoms with Crippen LogP contribution in [0.1, 0.15) is 5.56 Å². The second-order valence-electron chi connectivity index (χ2n) is 5.14. The number of aromatic nitrogens is 1. The van der Waals surface area contributed by atoms with Gasteiger partial charge in [-0.05, 0) is 53.6 Å². The van der Waals surface area contributed by atoms with Crippen molar-refractivity contribution in [3.8, 4) is 28.0 Å². The van der Waals surface area contributed by atoms with E-state index in [-0.39, 0.29) is 0 Å². The molecule has 0 spiro atoms. The number of benzene rings is 2. The van der Waals surface area contributed by atoms with Crippen LogP contribution in [0.25, 0.3) is 22.3 Å². The van der Waals surface area contributed by atoms with Gasteiger partial charge in [0.15, 0.2) is 0 Å². The molecule has 3 aromatic rings. The summed E-state index contributed by atoms with van der Waals surface area (Å²) in [5.74, 6) is 0.674. The summed E-state index contributed by atoms with van der Waals surface area (Å²) in [6.45, 7) is 2.11. The second-order valence-corrected chi connectivity index (χ2v) is 6.36. The van der Waals surface area contributed by atoms with E-state index in [0.717, 1.165) is 22.3 Å². The van der Waals surface area contributed by atoms with Gasteiger partial charge in [-0.15, -0.1) is 11.8 Å². The smallest absolute Gasteiger partial charge is 0.137 e. The van der Waals surface area contributed by atoms with Gasteiger partial charge in [-0.3, -0.25) is 0 Å². The Morgan fingerprint density at radius 1 is 1.13 bits per heavy atom. The average Bonchev–Trinajstić information content (AvgIpc) is 3.08. The van der Waals surface area contributed by atoms with Gasteiger partial charge in [0.1, 0.15) is 12.0 Å². The molecule has 0 radical (unpaired) electrons. The molecule has 0 aliphatic rings. The molecule has 0 bridgehead atoms. The van der Waals surface area contributed by atoms with Gasteiger partial charge in [-0.1, -0.05) is 28.9 Å². The second kappa shape index (κ2) is 6.69. The number of nitrogens with zero attached hydrogens (tertiary/aromatic N) is 1. The third-order valence-corrected chi connectivity index (χ3v) is 4.95. The van der Waals surface area contributed by atoms with Crippen molar-refractivity contribution in [3.63, 3.8) is 0 Å². The fourth-order valence-electron chi connectivity index (χ4n) is 2.61. The molecule has 5 heteroatoms. The molecule has 0 N–H and O–H groups in total. The molecule has 3 rings (SSSR count). The Hall–Kier alpha value is -1.91. The minimum atomic E-state index is 0.602. The highest BCUT2D eigenvalue weighted by Crippen LogP contribution is 2.39. The van der Waals surface area contributed by atoms with E-state index in [9.17, 15) is 0 Å². The van der Waals surface area contributed by atoms with Gasteiger partial charge in [0, 0.05) is 10.5 Å².